The zero-order valence-corrected chi connectivity index (χ0v) is 13.2. The molecule has 25 heavy (non-hydrogen) atoms. The van der Waals surface area contributed by atoms with Crippen molar-refractivity contribution in [3.05, 3.63) is 65.0 Å². The van der Waals surface area contributed by atoms with Gasteiger partial charge in [-0.15, -0.1) is 0 Å². The molecular weight excluding hydrogens is 333 g/mol. The molecule has 3 nitrogen and oxygen atoms in total. The standard InChI is InChI=1S/C19H15F3O3/c20-13-3-1-11(7-14(13)21)9-17(24)19(5-6-19)18(25)10-12-2-4-16(23)15(22)8-12/h1-4,7-8,23H,5-6,9-10H2. The Labute approximate surface area is 142 Å². The van der Waals surface area contributed by atoms with E-state index in [1.807, 2.05) is 0 Å². The van der Waals surface area contributed by atoms with Gasteiger partial charge in [0.15, 0.2) is 34.8 Å². The van der Waals surface area contributed by atoms with Crippen LogP contribution in [0.1, 0.15) is 24.0 Å². The van der Waals surface area contributed by atoms with Gasteiger partial charge >= 0.3 is 0 Å². The first-order valence-corrected chi connectivity index (χ1v) is 7.80. The predicted molar refractivity (Wildman–Crippen MR) is 83.5 cm³/mol. The highest BCUT2D eigenvalue weighted by molar-refractivity contribution is 6.10. The third-order valence-electron chi connectivity index (χ3n) is 4.54. The molecule has 1 saturated carbocycles. The molecule has 0 spiro atoms. The molecule has 0 aliphatic heterocycles. The number of rotatable bonds is 6. The minimum absolute atomic E-state index is 0.124. The molecular formula is C19H15F3O3. The fourth-order valence-electron chi connectivity index (χ4n) is 2.86. The average Bonchev–Trinajstić information content (AvgIpc) is 3.36. The van der Waals surface area contributed by atoms with Crippen molar-refractivity contribution in [2.45, 2.75) is 25.7 Å². The number of hydrogen-bond acceptors (Lipinski definition) is 3. The normalized spacial score (nSPS) is 15.0. The van der Waals surface area contributed by atoms with E-state index in [2.05, 4.69) is 0 Å². The summed E-state index contributed by atoms with van der Waals surface area (Å²) in [4.78, 5) is 25.0. The minimum atomic E-state index is -1.13. The number of aromatic hydroxyl groups is 1. The fraction of sp³-hybridized carbons (Fsp3) is 0.263. The van der Waals surface area contributed by atoms with E-state index in [0.717, 1.165) is 24.3 Å². The molecule has 0 unspecified atom stereocenters. The second-order valence-corrected chi connectivity index (χ2v) is 6.32. The molecule has 1 aliphatic carbocycles. The Morgan fingerprint density at radius 3 is 1.84 bits per heavy atom. The second-order valence-electron chi connectivity index (χ2n) is 6.32. The molecule has 2 aromatic carbocycles. The van der Waals surface area contributed by atoms with Crippen molar-refractivity contribution in [1.82, 2.24) is 0 Å². The lowest BCUT2D eigenvalue weighted by Gasteiger charge is -2.13. The van der Waals surface area contributed by atoms with Crippen molar-refractivity contribution in [3.63, 3.8) is 0 Å². The predicted octanol–water partition coefficient (Wildman–Crippen LogP) is 3.51. The van der Waals surface area contributed by atoms with Crippen molar-refractivity contribution < 1.29 is 27.9 Å². The molecule has 0 radical (unpaired) electrons. The van der Waals surface area contributed by atoms with Crippen LogP contribution in [0.15, 0.2) is 36.4 Å². The fourth-order valence-corrected chi connectivity index (χ4v) is 2.86. The monoisotopic (exact) mass is 348 g/mol. The molecule has 0 atom stereocenters. The smallest absolute Gasteiger partial charge is 0.165 e. The van der Waals surface area contributed by atoms with E-state index in [4.69, 9.17) is 0 Å². The number of Topliss-reactive ketones (excluding diaryl/α,β-unsaturated/α-hetero) is 2. The van der Waals surface area contributed by atoms with Gasteiger partial charge in [-0.1, -0.05) is 12.1 Å². The number of carbonyl (C=O) groups excluding carboxylic acids is 2. The Hall–Kier alpha value is -2.63. The highest BCUT2D eigenvalue weighted by atomic mass is 19.2. The van der Waals surface area contributed by atoms with Crippen molar-refractivity contribution in [2.75, 3.05) is 0 Å². The Kier molecular flexibility index (Phi) is 4.37. The van der Waals surface area contributed by atoms with Crippen LogP contribution in [0, 0.1) is 22.9 Å². The van der Waals surface area contributed by atoms with E-state index in [1.165, 1.54) is 12.1 Å². The van der Waals surface area contributed by atoms with Gasteiger partial charge in [0.25, 0.3) is 0 Å². The van der Waals surface area contributed by atoms with Crippen molar-refractivity contribution in [3.8, 4) is 5.75 Å². The van der Waals surface area contributed by atoms with Gasteiger partial charge in [0.1, 0.15) is 0 Å². The summed E-state index contributed by atoms with van der Waals surface area (Å²) in [7, 11) is 0. The molecule has 1 fully saturated rings. The summed E-state index contributed by atoms with van der Waals surface area (Å²) >= 11 is 0. The van der Waals surface area contributed by atoms with Crippen LogP contribution in [-0.2, 0) is 22.4 Å². The third kappa shape index (κ3) is 3.43. The van der Waals surface area contributed by atoms with E-state index in [9.17, 15) is 27.9 Å². The first-order chi connectivity index (χ1) is 11.8. The molecule has 3 rings (SSSR count). The first kappa shape index (κ1) is 17.2. The molecule has 0 heterocycles. The zero-order valence-electron chi connectivity index (χ0n) is 13.2. The van der Waals surface area contributed by atoms with Gasteiger partial charge < -0.3 is 5.11 Å². The molecule has 2 aromatic rings. The molecule has 1 N–H and O–H groups in total. The van der Waals surface area contributed by atoms with E-state index < -0.39 is 28.6 Å². The summed E-state index contributed by atoms with van der Waals surface area (Å²) in [6.45, 7) is 0. The lowest BCUT2D eigenvalue weighted by molar-refractivity contribution is -0.133. The lowest BCUT2D eigenvalue weighted by atomic mass is 9.88. The van der Waals surface area contributed by atoms with E-state index in [1.54, 1.807) is 0 Å². The zero-order chi connectivity index (χ0) is 18.2. The van der Waals surface area contributed by atoms with E-state index >= 15 is 0 Å². The van der Waals surface area contributed by atoms with Crippen LogP contribution < -0.4 is 0 Å². The summed E-state index contributed by atoms with van der Waals surface area (Å²) in [6.07, 6.45) is 0.511. The Morgan fingerprint density at radius 2 is 1.36 bits per heavy atom. The summed E-state index contributed by atoms with van der Waals surface area (Å²) < 4.78 is 39.6. The topological polar surface area (TPSA) is 54.4 Å². The summed E-state index contributed by atoms with van der Waals surface area (Å²) in [6, 6.07) is 6.84. The number of phenolic OH excluding ortho intramolecular Hbond substituents is 1. The van der Waals surface area contributed by atoms with Gasteiger partial charge in [-0.25, -0.2) is 13.2 Å². The largest absolute Gasteiger partial charge is 0.505 e. The summed E-state index contributed by atoms with van der Waals surface area (Å²) in [5.74, 6) is -4.05. The SMILES string of the molecule is O=C(Cc1ccc(O)c(F)c1)C1(C(=O)Cc2ccc(F)c(F)c2)CC1. The molecule has 1 aliphatic rings. The first-order valence-electron chi connectivity index (χ1n) is 7.80. The van der Waals surface area contributed by atoms with Crippen LogP contribution >= 0.6 is 0 Å². The van der Waals surface area contributed by atoms with Crippen LogP contribution in [0.3, 0.4) is 0 Å². The average molecular weight is 348 g/mol. The Balaban J connectivity index is 1.72. The molecule has 6 heteroatoms. The minimum Gasteiger partial charge on any atom is -0.505 e. The molecule has 0 saturated heterocycles. The quantitative estimate of drug-likeness (QED) is 0.813. The van der Waals surface area contributed by atoms with Crippen molar-refractivity contribution in [1.29, 1.82) is 0 Å². The maximum Gasteiger partial charge on any atom is 0.165 e. The number of ketones is 2. The number of halogens is 3. The number of carbonyl (C=O) groups is 2. The highest BCUT2D eigenvalue weighted by Crippen LogP contribution is 2.48. The van der Waals surface area contributed by atoms with Gasteiger partial charge in [0, 0.05) is 12.8 Å². The number of hydrogen-bond donors (Lipinski definition) is 1. The Bertz CT molecular complexity index is 789. The van der Waals surface area contributed by atoms with Gasteiger partial charge in [-0.3, -0.25) is 9.59 Å². The second kappa shape index (κ2) is 6.35. The van der Waals surface area contributed by atoms with Crippen LogP contribution in [0.2, 0.25) is 0 Å². The summed E-state index contributed by atoms with van der Waals surface area (Å²) in [5.41, 5.74) is -0.454. The van der Waals surface area contributed by atoms with E-state index in [0.29, 0.717) is 24.0 Å². The number of benzene rings is 2. The van der Waals surface area contributed by atoms with E-state index in [-0.39, 0.29) is 24.4 Å². The molecule has 0 amide bonds. The number of phenols is 1. The van der Waals surface area contributed by atoms with Crippen LogP contribution in [0.25, 0.3) is 0 Å². The van der Waals surface area contributed by atoms with Gasteiger partial charge in [-0.05, 0) is 48.2 Å². The van der Waals surface area contributed by atoms with Crippen molar-refractivity contribution in [2.24, 2.45) is 5.41 Å². The summed E-state index contributed by atoms with van der Waals surface area (Å²) in [5, 5.41) is 9.17. The maximum atomic E-state index is 13.4. The maximum absolute atomic E-state index is 13.4. The molecule has 0 bridgehead atoms. The molecule has 130 valence electrons. The third-order valence-corrected chi connectivity index (χ3v) is 4.54. The van der Waals surface area contributed by atoms with Crippen LogP contribution in [0.4, 0.5) is 13.2 Å². The highest BCUT2D eigenvalue weighted by Gasteiger charge is 2.54. The van der Waals surface area contributed by atoms with Crippen LogP contribution in [0.5, 0.6) is 5.75 Å². The lowest BCUT2D eigenvalue weighted by Crippen LogP contribution is -2.29. The Morgan fingerprint density at radius 1 is 0.840 bits per heavy atom. The van der Waals surface area contributed by atoms with Gasteiger partial charge in [-0.2, -0.15) is 0 Å². The van der Waals surface area contributed by atoms with Gasteiger partial charge in [0.05, 0.1) is 5.41 Å². The van der Waals surface area contributed by atoms with Gasteiger partial charge in [0.2, 0.25) is 0 Å². The molecule has 0 aromatic heterocycles. The van der Waals surface area contributed by atoms with Crippen molar-refractivity contribution >= 4 is 11.6 Å². The van der Waals surface area contributed by atoms with Crippen LogP contribution in [-0.4, -0.2) is 16.7 Å².